The third-order valence-corrected chi connectivity index (χ3v) is 4.04. The summed E-state index contributed by atoms with van der Waals surface area (Å²) in [6.07, 6.45) is 3.57. The van der Waals surface area contributed by atoms with Crippen LogP contribution in [0, 0.1) is 11.3 Å². The van der Waals surface area contributed by atoms with Gasteiger partial charge in [-0.2, -0.15) is 0 Å². The van der Waals surface area contributed by atoms with Crippen molar-refractivity contribution in [3.63, 3.8) is 0 Å². The van der Waals surface area contributed by atoms with Crippen LogP contribution in [0.3, 0.4) is 0 Å². The number of aliphatic carboxylic acids is 1. The van der Waals surface area contributed by atoms with Crippen molar-refractivity contribution in [1.82, 2.24) is 0 Å². The number of carboxylic acids is 1. The van der Waals surface area contributed by atoms with Crippen LogP contribution < -0.4 is 0 Å². The minimum atomic E-state index is -0.846. The highest BCUT2D eigenvalue weighted by Gasteiger charge is 2.44. The summed E-state index contributed by atoms with van der Waals surface area (Å²) in [5.74, 6) is -1.89. The maximum Gasteiger partial charge on any atom is 0.306 e. The highest BCUT2D eigenvalue weighted by atomic mass is 16.5. The van der Waals surface area contributed by atoms with Gasteiger partial charge in [0.1, 0.15) is 13.2 Å². The molecule has 0 saturated heterocycles. The van der Waals surface area contributed by atoms with Crippen LogP contribution >= 0.6 is 0 Å². The van der Waals surface area contributed by atoms with Crippen molar-refractivity contribution in [2.45, 2.75) is 58.8 Å². The van der Waals surface area contributed by atoms with E-state index in [9.17, 15) is 14.4 Å². The molecule has 0 aromatic carbocycles. The van der Waals surface area contributed by atoms with Gasteiger partial charge in [-0.1, -0.05) is 13.8 Å². The van der Waals surface area contributed by atoms with Gasteiger partial charge in [0.05, 0.1) is 5.92 Å². The molecule has 0 heterocycles. The lowest BCUT2D eigenvalue weighted by atomic mass is 9.87. The molecule has 1 saturated carbocycles. The van der Waals surface area contributed by atoms with Crippen LogP contribution in [0.2, 0.25) is 0 Å². The molecule has 1 rings (SSSR count). The fourth-order valence-electron chi connectivity index (χ4n) is 2.74. The summed E-state index contributed by atoms with van der Waals surface area (Å²) >= 11 is 0. The Hall–Kier alpha value is -1.59. The molecule has 6 nitrogen and oxygen atoms in total. The van der Waals surface area contributed by atoms with Crippen molar-refractivity contribution in [2.24, 2.45) is 11.3 Å². The summed E-state index contributed by atoms with van der Waals surface area (Å²) in [5.41, 5.74) is -0.560. The molecular formula is C16H26O6. The van der Waals surface area contributed by atoms with E-state index in [4.69, 9.17) is 14.6 Å². The molecule has 0 spiro atoms. The fourth-order valence-corrected chi connectivity index (χ4v) is 2.74. The molecule has 6 heteroatoms. The van der Waals surface area contributed by atoms with E-state index in [1.807, 2.05) is 13.8 Å². The Morgan fingerprint density at radius 3 is 1.91 bits per heavy atom. The fraction of sp³-hybridized carbons (Fsp3) is 0.812. The number of carboxylic acid groups (broad SMARTS) is 1. The van der Waals surface area contributed by atoms with Crippen molar-refractivity contribution >= 4 is 17.9 Å². The minimum Gasteiger partial charge on any atom is -0.481 e. The van der Waals surface area contributed by atoms with Crippen molar-refractivity contribution in [3.05, 3.63) is 0 Å². The number of carbonyl (C=O) groups excluding carboxylic acids is 2. The molecule has 0 aromatic heterocycles. The summed E-state index contributed by atoms with van der Waals surface area (Å²) in [5, 5.41) is 9.15. The highest BCUT2D eigenvalue weighted by Crippen LogP contribution is 2.42. The standard InChI is InChI=1S/C16H26O6/c1-3-5-13(17)21-10-16(11-22-14(18)6-4-2)8-7-12(9-16)15(19)20/h12H,3-11H2,1-2H3,(H,19,20). The topological polar surface area (TPSA) is 89.9 Å². The second kappa shape index (κ2) is 8.76. The Morgan fingerprint density at radius 2 is 1.55 bits per heavy atom. The van der Waals surface area contributed by atoms with Crippen molar-refractivity contribution in [3.8, 4) is 0 Å². The van der Waals surface area contributed by atoms with Gasteiger partial charge in [0.2, 0.25) is 0 Å². The molecule has 0 amide bonds. The van der Waals surface area contributed by atoms with Gasteiger partial charge < -0.3 is 14.6 Å². The zero-order chi connectivity index (χ0) is 16.6. The third-order valence-electron chi connectivity index (χ3n) is 4.04. The average molecular weight is 314 g/mol. The zero-order valence-electron chi connectivity index (χ0n) is 13.4. The van der Waals surface area contributed by atoms with Gasteiger partial charge >= 0.3 is 17.9 Å². The van der Waals surface area contributed by atoms with Crippen LogP contribution in [0.5, 0.6) is 0 Å². The van der Waals surface area contributed by atoms with Gasteiger partial charge in [0.25, 0.3) is 0 Å². The molecule has 126 valence electrons. The van der Waals surface area contributed by atoms with Crippen molar-refractivity contribution in [2.75, 3.05) is 13.2 Å². The summed E-state index contributed by atoms with van der Waals surface area (Å²) < 4.78 is 10.5. The van der Waals surface area contributed by atoms with Gasteiger partial charge in [0, 0.05) is 18.3 Å². The van der Waals surface area contributed by atoms with Crippen LogP contribution in [-0.2, 0) is 23.9 Å². The first-order chi connectivity index (χ1) is 10.4. The van der Waals surface area contributed by atoms with Crippen LogP contribution in [0.15, 0.2) is 0 Å². The molecule has 0 aliphatic heterocycles. The Labute approximate surface area is 131 Å². The van der Waals surface area contributed by atoms with Crippen molar-refractivity contribution < 1.29 is 29.0 Å². The SMILES string of the molecule is CCCC(=O)OCC1(COC(=O)CCC)CCC(C(=O)O)C1. The molecule has 1 N–H and O–H groups in total. The lowest BCUT2D eigenvalue weighted by Crippen LogP contribution is -2.33. The first-order valence-corrected chi connectivity index (χ1v) is 7.96. The molecule has 0 aromatic rings. The van der Waals surface area contributed by atoms with Crippen molar-refractivity contribution in [1.29, 1.82) is 0 Å². The second-order valence-electron chi connectivity index (χ2n) is 6.10. The number of hydrogen-bond donors (Lipinski definition) is 1. The van der Waals surface area contributed by atoms with E-state index in [0.29, 0.717) is 44.9 Å². The van der Waals surface area contributed by atoms with E-state index in [0.717, 1.165) is 0 Å². The quantitative estimate of drug-likeness (QED) is 0.658. The normalized spacial score (nSPS) is 19.6. The van der Waals surface area contributed by atoms with Gasteiger partial charge in [0.15, 0.2) is 0 Å². The van der Waals surface area contributed by atoms with Crippen LogP contribution in [0.25, 0.3) is 0 Å². The monoisotopic (exact) mass is 314 g/mol. The molecule has 1 fully saturated rings. The maximum atomic E-state index is 11.6. The van der Waals surface area contributed by atoms with Crippen LogP contribution in [0.4, 0.5) is 0 Å². The first-order valence-electron chi connectivity index (χ1n) is 7.96. The lowest BCUT2D eigenvalue weighted by Gasteiger charge is -2.28. The van der Waals surface area contributed by atoms with E-state index < -0.39 is 17.3 Å². The molecule has 0 radical (unpaired) electrons. The molecule has 1 aliphatic rings. The minimum absolute atomic E-state index is 0.120. The number of ether oxygens (including phenoxy) is 2. The largest absolute Gasteiger partial charge is 0.481 e. The van der Waals surface area contributed by atoms with Gasteiger partial charge in [-0.05, 0) is 32.1 Å². The average Bonchev–Trinajstić information content (AvgIpc) is 2.89. The number of carbonyl (C=O) groups is 3. The van der Waals surface area contributed by atoms with E-state index in [1.165, 1.54) is 0 Å². The third kappa shape index (κ3) is 5.66. The molecule has 1 unspecified atom stereocenters. The molecular weight excluding hydrogens is 288 g/mol. The molecule has 1 atom stereocenters. The van der Waals surface area contributed by atoms with E-state index >= 15 is 0 Å². The Morgan fingerprint density at radius 1 is 1.05 bits per heavy atom. The van der Waals surface area contributed by atoms with E-state index in [1.54, 1.807) is 0 Å². The Balaban J connectivity index is 2.63. The Kier molecular flexibility index (Phi) is 7.35. The van der Waals surface area contributed by atoms with Crippen LogP contribution in [-0.4, -0.2) is 36.2 Å². The van der Waals surface area contributed by atoms with E-state index in [-0.39, 0.29) is 25.2 Å². The van der Waals surface area contributed by atoms with Gasteiger partial charge in [-0.15, -0.1) is 0 Å². The molecule has 22 heavy (non-hydrogen) atoms. The van der Waals surface area contributed by atoms with E-state index in [2.05, 4.69) is 0 Å². The smallest absolute Gasteiger partial charge is 0.306 e. The lowest BCUT2D eigenvalue weighted by molar-refractivity contribution is -0.154. The predicted octanol–water partition coefficient (Wildman–Crippen LogP) is 2.54. The Bertz CT molecular complexity index is 381. The van der Waals surface area contributed by atoms with Crippen LogP contribution in [0.1, 0.15) is 58.8 Å². The molecule has 0 bridgehead atoms. The molecule has 1 aliphatic carbocycles. The first kappa shape index (κ1) is 18.5. The van der Waals surface area contributed by atoms with Gasteiger partial charge in [-0.3, -0.25) is 14.4 Å². The summed E-state index contributed by atoms with van der Waals surface area (Å²) in [6.45, 7) is 4.02. The summed E-state index contributed by atoms with van der Waals surface area (Å²) in [6, 6.07) is 0. The summed E-state index contributed by atoms with van der Waals surface area (Å²) in [4.78, 5) is 34.3. The van der Waals surface area contributed by atoms with Gasteiger partial charge in [-0.25, -0.2) is 0 Å². The second-order valence-corrected chi connectivity index (χ2v) is 6.10. The highest BCUT2D eigenvalue weighted by molar-refractivity contribution is 5.71. The number of rotatable bonds is 9. The number of hydrogen-bond acceptors (Lipinski definition) is 5. The summed E-state index contributed by atoms with van der Waals surface area (Å²) in [7, 11) is 0. The maximum absolute atomic E-state index is 11.6. The zero-order valence-corrected chi connectivity index (χ0v) is 13.4. The predicted molar refractivity (Wildman–Crippen MR) is 79.1 cm³/mol. The number of esters is 2.